The van der Waals surface area contributed by atoms with Crippen molar-refractivity contribution >= 4 is 11.6 Å². The molecule has 0 atom stereocenters. The molecule has 140 valence electrons. The minimum Gasteiger partial charge on any atom is -0.331 e. The Morgan fingerprint density at radius 1 is 1.19 bits per heavy atom. The van der Waals surface area contributed by atoms with Gasteiger partial charge in [0.2, 0.25) is 5.91 Å². The minimum absolute atomic E-state index is 0.0562. The summed E-state index contributed by atoms with van der Waals surface area (Å²) in [6, 6.07) is 8.24. The molecule has 0 saturated heterocycles. The second kappa shape index (κ2) is 7.10. The number of carbonyl (C=O) groups is 1. The predicted octanol–water partition coefficient (Wildman–Crippen LogP) is 3.60. The van der Waals surface area contributed by atoms with Crippen LogP contribution in [-0.2, 0) is 17.8 Å². The maximum absolute atomic E-state index is 13.2. The molecular weight excluding hydrogens is 343 g/mol. The highest BCUT2D eigenvalue weighted by molar-refractivity contribution is 5.85. The minimum atomic E-state index is -0.271. The molecule has 6 heteroatoms. The average Bonchev–Trinajstić information content (AvgIpc) is 3.25. The Morgan fingerprint density at radius 2 is 1.96 bits per heavy atom. The fraction of sp³-hybridized carbons (Fsp3) is 0.381. The molecule has 2 aromatic rings. The Labute approximate surface area is 158 Å². The monoisotopic (exact) mass is 366 g/mol. The van der Waals surface area contributed by atoms with E-state index in [-0.39, 0.29) is 18.3 Å². The van der Waals surface area contributed by atoms with Gasteiger partial charge in [0.25, 0.3) is 0 Å². The molecular formula is C21H23FN4O. The van der Waals surface area contributed by atoms with Gasteiger partial charge in [0.15, 0.2) is 0 Å². The zero-order valence-electron chi connectivity index (χ0n) is 15.7. The second-order valence-electron chi connectivity index (χ2n) is 7.19. The van der Waals surface area contributed by atoms with E-state index in [0.717, 1.165) is 47.6 Å². The largest absolute Gasteiger partial charge is 0.331 e. The van der Waals surface area contributed by atoms with Gasteiger partial charge in [-0.3, -0.25) is 14.5 Å². The standard InChI is InChI=1S/C21H23FN4O/c1-3-18-10-19(15-6-8-17(22)9-7-15)24-26(18)13-21(27)25-11-16-5-4-14(2)23-20(16)12-25/h6-10H,3-5,11-13H2,1-2H3. The first-order valence-electron chi connectivity index (χ1n) is 9.39. The number of benzene rings is 1. The topological polar surface area (TPSA) is 50.5 Å². The molecule has 0 fully saturated rings. The van der Waals surface area contributed by atoms with Crippen molar-refractivity contribution in [2.45, 2.75) is 39.7 Å². The van der Waals surface area contributed by atoms with Crippen LogP contribution < -0.4 is 0 Å². The lowest BCUT2D eigenvalue weighted by Gasteiger charge is -2.17. The number of aryl methyl sites for hydroxylation is 1. The first-order chi connectivity index (χ1) is 13.0. The molecule has 1 aromatic carbocycles. The third-order valence-electron chi connectivity index (χ3n) is 5.25. The Bertz CT molecular complexity index is 940. The number of aliphatic imine (C=N–C) groups is 1. The summed E-state index contributed by atoms with van der Waals surface area (Å²) in [6.45, 7) is 5.58. The molecule has 0 saturated carbocycles. The number of rotatable bonds is 4. The van der Waals surface area contributed by atoms with Crippen LogP contribution in [0.5, 0.6) is 0 Å². The van der Waals surface area contributed by atoms with Gasteiger partial charge in [0, 0.05) is 23.5 Å². The lowest BCUT2D eigenvalue weighted by atomic mass is 10.0. The van der Waals surface area contributed by atoms with Crippen molar-refractivity contribution in [2.75, 3.05) is 13.1 Å². The second-order valence-corrected chi connectivity index (χ2v) is 7.19. The van der Waals surface area contributed by atoms with E-state index in [1.54, 1.807) is 16.8 Å². The molecule has 1 aromatic heterocycles. The summed E-state index contributed by atoms with van der Waals surface area (Å²) in [5, 5.41) is 4.60. The molecule has 0 bridgehead atoms. The van der Waals surface area contributed by atoms with Crippen LogP contribution in [0.1, 0.15) is 32.4 Å². The van der Waals surface area contributed by atoms with E-state index in [4.69, 9.17) is 0 Å². The van der Waals surface area contributed by atoms with Crippen molar-refractivity contribution in [3.8, 4) is 11.3 Å². The van der Waals surface area contributed by atoms with Crippen LogP contribution in [0, 0.1) is 5.82 Å². The molecule has 0 N–H and O–H groups in total. The Morgan fingerprint density at radius 3 is 2.70 bits per heavy atom. The number of hydrogen-bond acceptors (Lipinski definition) is 3. The number of aromatic nitrogens is 2. The van der Waals surface area contributed by atoms with E-state index in [0.29, 0.717) is 13.1 Å². The van der Waals surface area contributed by atoms with E-state index < -0.39 is 0 Å². The predicted molar refractivity (Wildman–Crippen MR) is 103 cm³/mol. The van der Waals surface area contributed by atoms with Crippen molar-refractivity contribution in [3.05, 3.63) is 53.1 Å². The highest BCUT2D eigenvalue weighted by atomic mass is 19.1. The highest BCUT2D eigenvalue weighted by Crippen LogP contribution is 2.27. The van der Waals surface area contributed by atoms with Gasteiger partial charge in [0.1, 0.15) is 12.4 Å². The van der Waals surface area contributed by atoms with Crippen LogP contribution in [0.4, 0.5) is 4.39 Å². The van der Waals surface area contributed by atoms with Crippen molar-refractivity contribution in [1.29, 1.82) is 0 Å². The molecule has 3 heterocycles. The van der Waals surface area contributed by atoms with Crippen molar-refractivity contribution < 1.29 is 9.18 Å². The maximum atomic E-state index is 13.2. The Balaban J connectivity index is 1.49. The van der Waals surface area contributed by atoms with Gasteiger partial charge in [-0.15, -0.1) is 0 Å². The van der Waals surface area contributed by atoms with Gasteiger partial charge in [0.05, 0.1) is 17.9 Å². The van der Waals surface area contributed by atoms with E-state index in [9.17, 15) is 9.18 Å². The summed E-state index contributed by atoms with van der Waals surface area (Å²) in [5.41, 5.74) is 6.10. The molecule has 27 heavy (non-hydrogen) atoms. The van der Waals surface area contributed by atoms with Gasteiger partial charge in [-0.2, -0.15) is 5.10 Å². The van der Waals surface area contributed by atoms with Crippen LogP contribution in [0.2, 0.25) is 0 Å². The summed E-state index contributed by atoms with van der Waals surface area (Å²) in [5.74, 6) is -0.215. The number of hydrogen-bond donors (Lipinski definition) is 0. The number of carbonyl (C=O) groups excluding carboxylic acids is 1. The summed E-state index contributed by atoms with van der Waals surface area (Å²) in [7, 11) is 0. The normalized spacial score (nSPS) is 16.6. The number of amides is 1. The van der Waals surface area contributed by atoms with Crippen LogP contribution in [0.25, 0.3) is 11.3 Å². The third-order valence-corrected chi connectivity index (χ3v) is 5.25. The van der Waals surface area contributed by atoms with Crippen LogP contribution >= 0.6 is 0 Å². The van der Waals surface area contributed by atoms with Crippen molar-refractivity contribution in [2.24, 2.45) is 4.99 Å². The third kappa shape index (κ3) is 3.56. The lowest BCUT2D eigenvalue weighted by Crippen LogP contribution is -2.33. The SMILES string of the molecule is CCc1cc(-c2ccc(F)cc2)nn1CC(=O)N1CC2=C(C1)N=C(C)CC2. The molecule has 0 unspecified atom stereocenters. The van der Waals surface area contributed by atoms with Crippen LogP contribution in [-0.4, -0.2) is 39.4 Å². The summed E-state index contributed by atoms with van der Waals surface area (Å²) in [4.78, 5) is 19.3. The van der Waals surface area contributed by atoms with E-state index in [1.165, 1.54) is 17.7 Å². The zero-order valence-corrected chi connectivity index (χ0v) is 15.7. The molecule has 2 aliphatic heterocycles. The van der Waals surface area contributed by atoms with E-state index >= 15 is 0 Å². The van der Waals surface area contributed by atoms with E-state index in [1.807, 2.05) is 24.8 Å². The molecule has 1 amide bonds. The van der Waals surface area contributed by atoms with E-state index in [2.05, 4.69) is 10.1 Å². The van der Waals surface area contributed by atoms with Gasteiger partial charge < -0.3 is 4.90 Å². The molecule has 0 spiro atoms. The first kappa shape index (κ1) is 17.6. The zero-order chi connectivity index (χ0) is 19.0. The molecule has 5 nitrogen and oxygen atoms in total. The van der Waals surface area contributed by atoms with Crippen molar-refractivity contribution in [1.82, 2.24) is 14.7 Å². The first-order valence-corrected chi connectivity index (χ1v) is 9.39. The molecule has 4 rings (SSSR count). The van der Waals surface area contributed by atoms with Gasteiger partial charge in [-0.25, -0.2) is 4.39 Å². The number of halogens is 1. The Hall–Kier alpha value is -2.76. The summed E-state index contributed by atoms with van der Waals surface area (Å²) < 4.78 is 14.9. The highest BCUT2D eigenvalue weighted by Gasteiger charge is 2.28. The number of nitrogens with zero attached hydrogens (tertiary/aromatic N) is 4. The maximum Gasteiger partial charge on any atom is 0.244 e. The van der Waals surface area contributed by atoms with Gasteiger partial charge >= 0.3 is 0 Å². The fourth-order valence-electron chi connectivity index (χ4n) is 3.67. The molecule has 0 aliphatic carbocycles. The Kier molecular flexibility index (Phi) is 4.64. The summed E-state index contributed by atoms with van der Waals surface area (Å²) >= 11 is 0. The smallest absolute Gasteiger partial charge is 0.244 e. The average molecular weight is 366 g/mol. The van der Waals surface area contributed by atoms with Crippen LogP contribution in [0.3, 0.4) is 0 Å². The van der Waals surface area contributed by atoms with Crippen LogP contribution in [0.15, 0.2) is 46.6 Å². The molecule has 2 aliphatic rings. The van der Waals surface area contributed by atoms with Gasteiger partial charge in [-0.05, 0) is 62.1 Å². The lowest BCUT2D eigenvalue weighted by molar-refractivity contribution is -0.130. The fourth-order valence-corrected chi connectivity index (χ4v) is 3.67. The summed E-state index contributed by atoms with van der Waals surface area (Å²) in [6.07, 6.45) is 2.77. The van der Waals surface area contributed by atoms with Gasteiger partial charge in [-0.1, -0.05) is 6.92 Å². The molecule has 0 radical (unpaired) electrons. The quantitative estimate of drug-likeness (QED) is 0.830. The van der Waals surface area contributed by atoms with Crippen molar-refractivity contribution in [3.63, 3.8) is 0 Å².